The van der Waals surface area contributed by atoms with Gasteiger partial charge in [0.05, 0.1) is 14.2 Å². The van der Waals surface area contributed by atoms with Gasteiger partial charge < -0.3 is 19.7 Å². The topological polar surface area (TPSA) is 63.7 Å². The Morgan fingerprint density at radius 1 is 1.38 bits per heavy atom. The van der Waals surface area contributed by atoms with Gasteiger partial charge in [0.2, 0.25) is 5.91 Å². The molecule has 7 heteroatoms. The van der Waals surface area contributed by atoms with Crippen LogP contribution in [0.5, 0.6) is 11.5 Å². The van der Waals surface area contributed by atoms with Crippen LogP contribution in [-0.4, -0.2) is 44.2 Å². The average Bonchev–Trinajstić information content (AvgIpc) is 3.35. The summed E-state index contributed by atoms with van der Waals surface area (Å²) in [5.74, 6) is 1.57. The van der Waals surface area contributed by atoms with Crippen molar-refractivity contribution in [3.8, 4) is 11.5 Å². The quantitative estimate of drug-likeness (QED) is 0.769. The molecule has 0 aliphatic carbocycles. The normalized spacial score (nSPS) is 16.5. The number of carbonyl (C=O) groups excluding carboxylic acids is 1. The number of aromatic nitrogens is 1. The van der Waals surface area contributed by atoms with Crippen LogP contribution in [0.2, 0.25) is 0 Å². The number of benzene rings is 1. The van der Waals surface area contributed by atoms with E-state index in [1.165, 1.54) is 0 Å². The fourth-order valence-corrected chi connectivity index (χ4v) is 4.03. The summed E-state index contributed by atoms with van der Waals surface area (Å²) in [7, 11) is 3.26. The number of methoxy groups -OCH3 is 2. The highest BCUT2D eigenvalue weighted by Gasteiger charge is 2.26. The van der Waals surface area contributed by atoms with Crippen LogP contribution in [0.4, 0.5) is 5.13 Å². The summed E-state index contributed by atoms with van der Waals surface area (Å²) >= 11 is 1.65. The molecule has 1 aromatic carbocycles. The Labute approximate surface area is 158 Å². The van der Waals surface area contributed by atoms with Gasteiger partial charge in [-0.1, -0.05) is 6.07 Å². The van der Waals surface area contributed by atoms with Gasteiger partial charge in [0.15, 0.2) is 5.13 Å². The van der Waals surface area contributed by atoms with Gasteiger partial charge in [0, 0.05) is 43.2 Å². The number of thiazole rings is 1. The van der Waals surface area contributed by atoms with Gasteiger partial charge in [-0.05, 0) is 30.9 Å². The van der Waals surface area contributed by atoms with E-state index in [4.69, 9.17) is 9.47 Å². The third-order valence-corrected chi connectivity index (χ3v) is 5.50. The Bertz CT molecular complexity index is 721. The first-order chi connectivity index (χ1) is 12.7. The number of carbonyl (C=O) groups is 1. The van der Waals surface area contributed by atoms with Gasteiger partial charge >= 0.3 is 0 Å². The predicted molar refractivity (Wildman–Crippen MR) is 103 cm³/mol. The maximum absolute atomic E-state index is 12.3. The van der Waals surface area contributed by atoms with Crippen molar-refractivity contribution < 1.29 is 14.3 Å². The van der Waals surface area contributed by atoms with Crippen molar-refractivity contribution >= 4 is 22.4 Å². The summed E-state index contributed by atoms with van der Waals surface area (Å²) < 4.78 is 10.6. The third kappa shape index (κ3) is 4.46. The van der Waals surface area contributed by atoms with Gasteiger partial charge in [0.1, 0.15) is 11.5 Å². The molecule has 1 unspecified atom stereocenters. The molecule has 140 valence electrons. The first kappa shape index (κ1) is 18.5. The summed E-state index contributed by atoms with van der Waals surface area (Å²) in [4.78, 5) is 19.0. The van der Waals surface area contributed by atoms with Crippen LogP contribution in [0, 0.1) is 0 Å². The molecule has 1 fully saturated rings. The minimum Gasteiger partial charge on any atom is -0.497 e. The molecule has 3 rings (SSSR count). The first-order valence-electron chi connectivity index (χ1n) is 8.85. The highest BCUT2D eigenvalue weighted by Crippen LogP contribution is 2.27. The molecule has 2 heterocycles. The number of rotatable bonds is 8. The van der Waals surface area contributed by atoms with Crippen LogP contribution in [0.25, 0.3) is 0 Å². The minimum atomic E-state index is 0.0638. The Morgan fingerprint density at radius 3 is 3.00 bits per heavy atom. The molecule has 2 aromatic rings. The average molecular weight is 375 g/mol. The summed E-state index contributed by atoms with van der Waals surface area (Å²) in [5.41, 5.74) is 1.01. The van der Waals surface area contributed by atoms with E-state index in [9.17, 15) is 4.79 Å². The van der Waals surface area contributed by atoms with Crippen LogP contribution in [0.3, 0.4) is 0 Å². The number of nitrogens with one attached hydrogen (secondary N) is 1. The molecule has 1 N–H and O–H groups in total. The zero-order valence-electron chi connectivity index (χ0n) is 15.2. The molecule has 1 aliphatic heterocycles. The van der Waals surface area contributed by atoms with E-state index < -0.39 is 0 Å². The predicted octanol–water partition coefficient (Wildman–Crippen LogP) is 2.88. The SMILES string of the molecule is COc1ccc(CCC(=O)NCC2CCCN2c2nccs2)c(OC)c1. The van der Waals surface area contributed by atoms with E-state index in [0.717, 1.165) is 41.6 Å². The van der Waals surface area contributed by atoms with E-state index in [2.05, 4.69) is 15.2 Å². The largest absolute Gasteiger partial charge is 0.497 e. The fourth-order valence-electron chi connectivity index (χ4n) is 3.28. The van der Waals surface area contributed by atoms with E-state index in [1.54, 1.807) is 25.6 Å². The second kappa shape index (κ2) is 8.89. The number of nitrogens with zero attached hydrogens (tertiary/aromatic N) is 2. The minimum absolute atomic E-state index is 0.0638. The monoisotopic (exact) mass is 375 g/mol. The lowest BCUT2D eigenvalue weighted by molar-refractivity contribution is -0.121. The van der Waals surface area contributed by atoms with Crippen molar-refractivity contribution in [2.45, 2.75) is 31.7 Å². The van der Waals surface area contributed by atoms with E-state index >= 15 is 0 Å². The summed E-state index contributed by atoms with van der Waals surface area (Å²) in [5, 5.41) is 6.12. The van der Waals surface area contributed by atoms with Crippen molar-refractivity contribution in [1.82, 2.24) is 10.3 Å². The number of ether oxygens (including phenoxy) is 2. The van der Waals surface area contributed by atoms with Gasteiger partial charge in [-0.2, -0.15) is 0 Å². The first-order valence-corrected chi connectivity index (χ1v) is 9.73. The van der Waals surface area contributed by atoms with Crippen molar-refractivity contribution in [3.63, 3.8) is 0 Å². The van der Waals surface area contributed by atoms with Gasteiger partial charge in [-0.25, -0.2) is 4.98 Å². The Kier molecular flexibility index (Phi) is 6.33. The lowest BCUT2D eigenvalue weighted by atomic mass is 10.1. The van der Waals surface area contributed by atoms with Gasteiger partial charge in [0.25, 0.3) is 0 Å². The van der Waals surface area contributed by atoms with E-state index in [-0.39, 0.29) is 5.91 Å². The fraction of sp³-hybridized carbons (Fsp3) is 0.474. The molecule has 0 radical (unpaired) electrons. The molecule has 0 bridgehead atoms. The maximum Gasteiger partial charge on any atom is 0.220 e. The molecule has 6 nitrogen and oxygen atoms in total. The molecular formula is C19H25N3O3S. The standard InChI is InChI=1S/C19H25N3O3S/c1-24-16-7-5-14(17(12-16)25-2)6-8-18(23)21-13-15-4-3-10-22(15)19-20-9-11-26-19/h5,7,9,11-12,15H,3-4,6,8,10,13H2,1-2H3,(H,21,23). The van der Waals surface area contributed by atoms with Crippen LogP contribution in [0.1, 0.15) is 24.8 Å². The molecular weight excluding hydrogens is 350 g/mol. The van der Waals surface area contributed by atoms with Crippen molar-refractivity contribution in [3.05, 3.63) is 35.3 Å². The second-order valence-electron chi connectivity index (χ2n) is 6.29. The second-order valence-corrected chi connectivity index (χ2v) is 7.16. The van der Waals surface area contributed by atoms with Crippen LogP contribution in [0.15, 0.2) is 29.8 Å². The number of amides is 1. The van der Waals surface area contributed by atoms with E-state index in [0.29, 0.717) is 25.4 Å². The van der Waals surface area contributed by atoms with Gasteiger partial charge in [-0.3, -0.25) is 4.79 Å². The zero-order chi connectivity index (χ0) is 18.4. The Balaban J connectivity index is 1.49. The molecule has 1 aliphatic rings. The summed E-state index contributed by atoms with van der Waals surface area (Å²) in [6.45, 7) is 1.68. The number of hydrogen-bond donors (Lipinski definition) is 1. The molecule has 1 saturated heterocycles. The van der Waals surface area contributed by atoms with Crippen molar-refractivity contribution in [1.29, 1.82) is 0 Å². The molecule has 26 heavy (non-hydrogen) atoms. The maximum atomic E-state index is 12.3. The van der Waals surface area contributed by atoms with Gasteiger partial charge in [-0.15, -0.1) is 11.3 Å². The van der Waals surface area contributed by atoms with Crippen LogP contribution in [-0.2, 0) is 11.2 Å². The third-order valence-electron chi connectivity index (χ3n) is 4.69. The Hall–Kier alpha value is -2.28. The van der Waals surface area contributed by atoms with E-state index in [1.807, 2.05) is 29.8 Å². The summed E-state index contributed by atoms with van der Waals surface area (Å²) in [6, 6.07) is 6.02. The number of aryl methyl sites for hydroxylation is 1. The molecule has 0 saturated carbocycles. The molecule has 1 aromatic heterocycles. The summed E-state index contributed by atoms with van der Waals surface area (Å²) in [6.07, 6.45) is 5.14. The smallest absolute Gasteiger partial charge is 0.220 e. The molecule has 1 atom stereocenters. The lowest BCUT2D eigenvalue weighted by Crippen LogP contribution is -2.40. The Morgan fingerprint density at radius 2 is 2.27 bits per heavy atom. The van der Waals surface area contributed by atoms with Crippen LogP contribution < -0.4 is 19.7 Å². The highest BCUT2D eigenvalue weighted by molar-refractivity contribution is 7.13. The van der Waals surface area contributed by atoms with Crippen molar-refractivity contribution in [2.75, 3.05) is 32.2 Å². The zero-order valence-corrected chi connectivity index (χ0v) is 16.1. The lowest BCUT2D eigenvalue weighted by Gasteiger charge is -2.24. The molecule has 0 spiro atoms. The van der Waals surface area contributed by atoms with Crippen LogP contribution >= 0.6 is 11.3 Å². The number of hydrogen-bond acceptors (Lipinski definition) is 6. The van der Waals surface area contributed by atoms with Crippen molar-refractivity contribution in [2.24, 2.45) is 0 Å². The highest BCUT2D eigenvalue weighted by atomic mass is 32.1. The number of anilines is 1. The molecule has 1 amide bonds.